The van der Waals surface area contributed by atoms with Gasteiger partial charge in [-0.25, -0.2) is 0 Å². The molecule has 0 saturated heterocycles. The first-order chi connectivity index (χ1) is 7.72. The van der Waals surface area contributed by atoms with Crippen molar-refractivity contribution in [2.24, 2.45) is 0 Å². The van der Waals surface area contributed by atoms with Gasteiger partial charge in [0.25, 0.3) is 0 Å². The molecule has 0 N–H and O–H groups in total. The number of hydrogen-bond acceptors (Lipinski definition) is 2. The quantitative estimate of drug-likeness (QED) is 0.780. The Hall–Kier alpha value is -0.860. The van der Waals surface area contributed by atoms with E-state index in [1.807, 2.05) is 11.3 Å². The molecule has 1 heterocycles. The van der Waals surface area contributed by atoms with Crippen molar-refractivity contribution in [2.75, 3.05) is 20.6 Å². The molecule has 0 unspecified atom stereocenters. The van der Waals surface area contributed by atoms with Crippen LogP contribution in [0.1, 0.15) is 17.4 Å². The summed E-state index contributed by atoms with van der Waals surface area (Å²) in [7, 11) is 4.28. The fraction of sp³-hybridized carbons (Fsp3) is 0.429. The predicted molar refractivity (Wildman–Crippen MR) is 73.5 cm³/mol. The zero-order valence-corrected chi connectivity index (χ0v) is 11.1. The molecular weight excluding hydrogens is 214 g/mol. The molecule has 86 valence electrons. The first-order valence-corrected chi connectivity index (χ1v) is 6.68. The molecule has 0 spiro atoms. The van der Waals surface area contributed by atoms with Crippen molar-refractivity contribution >= 4 is 21.4 Å². The molecule has 0 aliphatic rings. The van der Waals surface area contributed by atoms with Crippen LogP contribution in [0.2, 0.25) is 0 Å². The molecule has 16 heavy (non-hydrogen) atoms. The maximum atomic E-state index is 2.26. The lowest BCUT2D eigenvalue weighted by Crippen LogP contribution is -2.15. The lowest BCUT2D eigenvalue weighted by atomic mass is 10.1. The summed E-state index contributed by atoms with van der Waals surface area (Å²) in [5.74, 6) is 0. The van der Waals surface area contributed by atoms with Gasteiger partial charge in [0.05, 0.1) is 0 Å². The van der Waals surface area contributed by atoms with E-state index in [1.54, 1.807) is 10.4 Å². The highest BCUT2D eigenvalue weighted by molar-refractivity contribution is 7.19. The van der Waals surface area contributed by atoms with Gasteiger partial charge >= 0.3 is 0 Å². The molecule has 2 aromatic rings. The molecule has 0 bridgehead atoms. The van der Waals surface area contributed by atoms with Crippen molar-refractivity contribution in [3.63, 3.8) is 0 Å². The Bertz CT molecular complexity index is 471. The Morgan fingerprint density at radius 1 is 1.19 bits per heavy atom. The van der Waals surface area contributed by atoms with E-state index in [0.717, 1.165) is 13.0 Å². The summed E-state index contributed by atoms with van der Waals surface area (Å²) >= 11 is 1.96. The number of rotatable bonds is 4. The molecule has 0 aliphatic carbocycles. The van der Waals surface area contributed by atoms with Crippen molar-refractivity contribution in [3.05, 3.63) is 34.7 Å². The minimum atomic E-state index is 1.14. The number of aryl methyl sites for hydroxylation is 1. The van der Waals surface area contributed by atoms with Gasteiger partial charge in [0.1, 0.15) is 0 Å². The third-order valence-corrected chi connectivity index (χ3v) is 4.19. The largest absolute Gasteiger partial charge is 0.309 e. The highest BCUT2D eigenvalue weighted by Gasteiger charge is 2.09. The summed E-state index contributed by atoms with van der Waals surface area (Å²) < 4.78 is 1.44. The molecule has 0 amide bonds. The molecule has 0 saturated carbocycles. The maximum Gasteiger partial charge on any atom is 0.0348 e. The van der Waals surface area contributed by atoms with Gasteiger partial charge in [-0.2, -0.15) is 0 Å². The van der Waals surface area contributed by atoms with E-state index in [4.69, 9.17) is 0 Å². The lowest BCUT2D eigenvalue weighted by Gasteiger charge is -2.08. The summed E-state index contributed by atoms with van der Waals surface area (Å²) in [5.41, 5.74) is 1.56. The predicted octanol–water partition coefficient (Wildman–Crippen LogP) is 3.57. The summed E-state index contributed by atoms with van der Waals surface area (Å²) in [5, 5.41) is 1.46. The SMILES string of the molecule is CCc1c(CCN(C)C)sc2ccccc12. The van der Waals surface area contributed by atoms with Gasteiger partial charge in [0, 0.05) is 16.1 Å². The Kier molecular flexibility index (Phi) is 3.62. The zero-order chi connectivity index (χ0) is 11.5. The molecule has 1 aromatic carbocycles. The van der Waals surface area contributed by atoms with Crippen molar-refractivity contribution in [2.45, 2.75) is 19.8 Å². The summed E-state index contributed by atoms with van der Waals surface area (Å²) in [6.07, 6.45) is 2.32. The van der Waals surface area contributed by atoms with Crippen LogP contribution in [0, 0.1) is 0 Å². The van der Waals surface area contributed by atoms with Gasteiger partial charge in [-0.1, -0.05) is 25.1 Å². The average molecular weight is 233 g/mol. The van der Waals surface area contributed by atoms with E-state index in [2.05, 4.69) is 50.2 Å². The highest BCUT2D eigenvalue weighted by atomic mass is 32.1. The van der Waals surface area contributed by atoms with E-state index in [9.17, 15) is 0 Å². The van der Waals surface area contributed by atoms with Crippen molar-refractivity contribution < 1.29 is 0 Å². The third kappa shape index (κ3) is 2.28. The summed E-state index contributed by atoms with van der Waals surface area (Å²) in [4.78, 5) is 3.82. The van der Waals surface area contributed by atoms with Gasteiger partial charge in [0.15, 0.2) is 0 Å². The van der Waals surface area contributed by atoms with Gasteiger partial charge in [0.2, 0.25) is 0 Å². The molecular formula is C14H19NS. The van der Waals surface area contributed by atoms with E-state index in [1.165, 1.54) is 16.5 Å². The normalized spacial score (nSPS) is 11.5. The molecule has 0 aliphatic heterocycles. The fourth-order valence-corrected chi connectivity index (χ4v) is 3.35. The van der Waals surface area contributed by atoms with Crippen LogP contribution in [0.4, 0.5) is 0 Å². The Morgan fingerprint density at radius 3 is 2.62 bits per heavy atom. The van der Waals surface area contributed by atoms with Crippen LogP contribution in [0.15, 0.2) is 24.3 Å². The number of thiophene rings is 1. The molecule has 2 rings (SSSR count). The van der Waals surface area contributed by atoms with Gasteiger partial charge in [-0.05, 0) is 44.0 Å². The number of nitrogens with zero attached hydrogens (tertiary/aromatic N) is 1. The standard InChI is InChI=1S/C14H19NS/c1-4-11-12-7-5-6-8-13(12)16-14(11)9-10-15(2)3/h5-8H,4,9-10H2,1-3H3. The fourth-order valence-electron chi connectivity index (χ4n) is 2.06. The van der Waals surface area contributed by atoms with Crippen molar-refractivity contribution in [1.82, 2.24) is 4.90 Å². The Morgan fingerprint density at radius 2 is 1.94 bits per heavy atom. The highest BCUT2D eigenvalue weighted by Crippen LogP contribution is 2.31. The summed E-state index contributed by atoms with van der Waals surface area (Å²) in [6, 6.07) is 8.76. The number of likely N-dealkylation sites (N-methyl/N-ethyl adjacent to an activating group) is 1. The lowest BCUT2D eigenvalue weighted by molar-refractivity contribution is 0.414. The molecule has 1 aromatic heterocycles. The first kappa shape index (κ1) is 11.6. The van der Waals surface area contributed by atoms with Crippen LogP contribution in [-0.2, 0) is 12.8 Å². The third-order valence-electron chi connectivity index (χ3n) is 2.92. The minimum Gasteiger partial charge on any atom is -0.309 e. The molecule has 0 atom stereocenters. The zero-order valence-electron chi connectivity index (χ0n) is 10.3. The van der Waals surface area contributed by atoms with Crippen LogP contribution in [0.5, 0.6) is 0 Å². The van der Waals surface area contributed by atoms with Crippen LogP contribution in [-0.4, -0.2) is 25.5 Å². The second kappa shape index (κ2) is 4.98. The molecule has 0 radical (unpaired) electrons. The van der Waals surface area contributed by atoms with Crippen LogP contribution < -0.4 is 0 Å². The monoisotopic (exact) mass is 233 g/mol. The number of hydrogen-bond donors (Lipinski definition) is 0. The average Bonchev–Trinajstić information content (AvgIpc) is 2.63. The summed E-state index contributed by atoms with van der Waals surface area (Å²) in [6.45, 7) is 3.40. The topological polar surface area (TPSA) is 3.24 Å². The van der Waals surface area contributed by atoms with Crippen LogP contribution >= 0.6 is 11.3 Å². The number of benzene rings is 1. The van der Waals surface area contributed by atoms with Crippen molar-refractivity contribution in [1.29, 1.82) is 0 Å². The van der Waals surface area contributed by atoms with E-state index < -0.39 is 0 Å². The minimum absolute atomic E-state index is 1.14. The first-order valence-electron chi connectivity index (χ1n) is 5.86. The van der Waals surface area contributed by atoms with Gasteiger partial charge < -0.3 is 4.90 Å². The second-order valence-corrected chi connectivity index (χ2v) is 5.54. The van der Waals surface area contributed by atoms with Gasteiger partial charge in [-0.3, -0.25) is 0 Å². The smallest absolute Gasteiger partial charge is 0.0348 e. The Balaban J connectivity index is 2.36. The van der Waals surface area contributed by atoms with Gasteiger partial charge in [-0.15, -0.1) is 11.3 Å². The molecule has 0 fully saturated rings. The molecule has 2 heteroatoms. The van der Waals surface area contributed by atoms with Crippen LogP contribution in [0.3, 0.4) is 0 Å². The maximum absolute atomic E-state index is 2.26. The number of fused-ring (bicyclic) bond motifs is 1. The second-order valence-electron chi connectivity index (χ2n) is 4.41. The Labute approximate surface area is 102 Å². The van der Waals surface area contributed by atoms with E-state index in [0.29, 0.717) is 0 Å². The van der Waals surface area contributed by atoms with E-state index >= 15 is 0 Å². The van der Waals surface area contributed by atoms with Crippen LogP contribution in [0.25, 0.3) is 10.1 Å². The molecule has 1 nitrogen and oxygen atoms in total. The van der Waals surface area contributed by atoms with E-state index in [-0.39, 0.29) is 0 Å². The van der Waals surface area contributed by atoms with Crippen molar-refractivity contribution in [3.8, 4) is 0 Å².